The van der Waals surface area contributed by atoms with Crippen molar-refractivity contribution >= 4 is 26.7 Å². The predicted octanol–water partition coefficient (Wildman–Crippen LogP) is 1.37. The fraction of sp³-hybridized carbons (Fsp3) is 0.353. The van der Waals surface area contributed by atoms with Crippen molar-refractivity contribution in [1.29, 1.82) is 0 Å². The van der Waals surface area contributed by atoms with Crippen LogP contribution >= 0.6 is 0 Å². The second-order valence-electron chi connectivity index (χ2n) is 5.79. The Morgan fingerprint density at radius 2 is 1.79 bits per heavy atom. The number of sulfonamides is 1. The largest absolute Gasteiger partial charge is 0.378 e. The normalized spacial score (nSPS) is 17.0. The van der Waals surface area contributed by atoms with E-state index in [-0.39, 0.29) is 10.8 Å². The Bertz CT molecular complexity index is 845. The summed E-state index contributed by atoms with van der Waals surface area (Å²) in [7, 11) is -3.76. The Labute approximate surface area is 141 Å². The minimum Gasteiger partial charge on any atom is -0.378 e. The average Bonchev–Trinajstić information content (AvgIpc) is 2.61. The van der Waals surface area contributed by atoms with Crippen molar-refractivity contribution < 1.29 is 17.9 Å². The number of fused-ring (bicyclic) bond motifs is 1. The summed E-state index contributed by atoms with van der Waals surface area (Å²) >= 11 is 0. The van der Waals surface area contributed by atoms with Gasteiger partial charge in [0.05, 0.1) is 24.2 Å². The Kier molecular flexibility index (Phi) is 4.84. The summed E-state index contributed by atoms with van der Waals surface area (Å²) in [6.45, 7) is 3.50. The molecule has 1 aliphatic heterocycles. The van der Waals surface area contributed by atoms with Crippen molar-refractivity contribution in [1.82, 2.24) is 9.62 Å². The minimum atomic E-state index is -3.76. The molecule has 7 heteroatoms. The van der Waals surface area contributed by atoms with Gasteiger partial charge in [-0.2, -0.15) is 4.72 Å². The van der Waals surface area contributed by atoms with Crippen LogP contribution in [-0.2, 0) is 19.6 Å². The second kappa shape index (κ2) is 6.88. The van der Waals surface area contributed by atoms with E-state index in [1.807, 2.05) is 24.3 Å². The number of hydrogen-bond donors (Lipinski definition) is 1. The average molecular weight is 348 g/mol. The van der Waals surface area contributed by atoms with Gasteiger partial charge < -0.3 is 9.64 Å². The Hall–Kier alpha value is -1.96. The molecule has 1 atom stereocenters. The van der Waals surface area contributed by atoms with Crippen molar-refractivity contribution in [2.24, 2.45) is 0 Å². The second-order valence-corrected chi connectivity index (χ2v) is 7.50. The van der Waals surface area contributed by atoms with Crippen LogP contribution in [0.1, 0.15) is 6.92 Å². The summed E-state index contributed by atoms with van der Waals surface area (Å²) in [5, 5.41) is 1.81. The SMILES string of the molecule is C[C@@H](NS(=O)(=O)c1ccc2ccccc2c1)C(=O)N1CCOCC1. The van der Waals surface area contributed by atoms with Crippen molar-refractivity contribution in [3.8, 4) is 0 Å². The molecule has 1 N–H and O–H groups in total. The Balaban J connectivity index is 1.77. The summed E-state index contributed by atoms with van der Waals surface area (Å²) in [6.07, 6.45) is 0. The lowest BCUT2D eigenvalue weighted by Crippen LogP contribution is -2.50. The van der Waals surface area contributed by atoms with Gasteiger partial charge in [-0.05, 0) is 29.8 Å². The van der Waals surface area contributed by atoms with Gasteiger partial charge in [0, 0.05) is 13.1 Å². The smallest absolute Gasteiger partial charge is 0.241 e. The van der Waals surface area contributed by atoms with E-state index in [4.69, 9.17) is 4.74 Å². The highest BCUT2D eigenvalue weighted by atomic mass is 32.2. The van der Waals surface area contributed by atoms with Crippen LogP contribution in [0.3, 0.4) is 0 Å². The van der Waals surface area contributed by atoms with Gasteiger partial charge >= 0.3 is 0 Å². The number of rotatable bonds is 4. The van der Waals surface area contributed by atoms with E-state index in [0.717, 1.165) is 10.8 Å². The van der Waals surface area contributed by atoms with E-state index in [2.05, 4.69) is 4.72 Å². The van der Waals surface area contributed by atoms with E-state index < -0.39 is 16.1 Å². The maximum atomic E-state index is 12.6. The van der Waals surface area contributed by atoms with Gasteiger partial charge in [0.15, 0.2) is 0 Å². The molecule has 1 fully saturated rings. The number of ether oxygens (including phenoxy) is 1. The number of morpholine rings is 1. The zero-order valence-corrected chi connectivity index (χ0v) is 14.3. The van der Waals surface area contributed by atoms with E-state index >= 15 is 0 Å². The number of carbonyl (C=O) groups is 1. The van der Waals surface area contributed by atoms with Crippen LogP contribution in [0.25, 0.3) is 10.8 Å². The highest BCUT2D eigenvalue weighted by Gasteiger charge is 2.26. The molecule has 0 aliphatic carbocycles. The first-order valence-electron chi connectivity index (χ1n) is 7.85. The van der Waals surface area contributed by atoms with E-state index in [1.165, 1.54) is 0 Å². The monoisotopic (exact) mass is 348 g/mol. The van der Waals surface area contributed by atoms with Gasteiger partial charge in [-0.3, -0.25) is 4.79 Å². The molecule has 1 heterocycles. The molecule has 0 unspecified atom stereocenters. The van der Waals surface area contributed by atoms with Crippen LogP contribution in [0.5, 0.6) is 0 Å². The molecule has 0 saturated carbocycles. The van der Waals surface area contributed by atoms with Gasteiger partial charge in [-0.1, -0.05) is 30.3 Å². The van der Waals surface area contributed by atoms with E-state index in [9.17, 15) is 13.2 Å². The van der Waals surface area contributed by atoms with Gasteiger partial charge in [-0.25, -0.2) is 8.42 Å². The lowest BCUT2D eigenvalue weighted by molar-refractivity contribution is -0.136. The van der Waals surface area contributed by atoms with Crippen LogP contribution in [0.2, 0.25) is 0 Å². The Morgan fingerprint density at radius 1 is 1.12 bits per heavy atom. The molecule has 128 valence electrons. The summed E-state index contributed by atoms with van der Waals surface area (Å²) in [6, 6.07) is 11.6. The maximum absolute atomic E-state index is 12.6. The van der Waals surface area contributed by atoms with Crippen LogP contribution in [0.15, 0.2) is 47.4 Å². The van der Waals surface area contributed by atoms with Gasteiger partial charge in [0.2, 0.25) is 15.9 Å². The molecular weight excluding hydrogens is 328 g/mol. The van der Waals surface area contributed by atoms with E-state index in [0.29, 0.717) is 26.3 Å². The lowest BCUT2D eigenvalue weighted by atomic mass is 10.1. The maximum Gasteiger partial charge on any atom is 0.241 e. The molecule has 0 spiro atoms. The van der Waals surface area contributed by atoms with Crippen LogP contribution in [0.4, 0.5) is 0 Å². The highest BCUT2D eigenvalue weighted by molar-refractivity contribution is 7.89. The lowest BCUT2D eigenvalue weighted by Gasteiger charge is -2.29. The zero-order valence-electron chi connectivity index (χ0n) is 13.4. The quantitative estimate of drug-likeness (QED) is 0.905. The first-order valence-corrected chi connectivity index (χ1v) is 9.33. The zero-order chi connectivity index (χ0) is 17.2. The molecule has 2 aromatic carbocycles. The summed E-state index contributed by atoms with van der Waals surface area (Å²) in [4.78, 5) is 14.1. The van der Waals surface area contributed by atoms with Crippen molar-refractivity contribution in [2.75, 3.05) is 26.3 Å². The molecule has 6 nitrogen and oxygen atoms in total. The number of nitrogens with zero attached hydrogens (tertiary/aromatic N) is 1. The van der Waals surface area contributed by atoms with Gasteiger partial charge in [0.25, 0.3) is 0 Å². The Morgan fingerprint density at radius 3 is 2.50 bits per heavy atom. The fourth-order valence-electron chi connectivity index (χ4n) is 2.74. The third-order valence-electron chi connectivity index (χ3n) is 4.06. The molecule has 1 saturated heterocycles. The standard InChI is InChI=1S/C17H20N2O4S/c1-13(17(20)19-8-10-23-11-9-19)18-24(21,22)16-7-6-14-4-2-3-5-15(14)12-16/h2-7,12-13,18H,8-11H2,1H3/t13-/m1/s1. The number of carbonyl (C=O) groups excluding carboxylic acids is 1. The van der Waals surface area contributed by atoms with Crippen LogP contribution < -0.4 is 4.72 Å². The summed E-state index contributed by atoms with van der Waals surface area (Å²) in [5.74, 6) is -0.234. The topological polar surface area (TPSA) is 75.7 Å². The third-order valence-corrected chi connectivity index (χ3v) is 5.59. The first kappa shape index (κ1) is 16.9. The number of hydrogen-bond acceptors (Lipinski definition) is 4. The van der Waals surface area contributed by atoms with Crippen molar-refractivity contribution in [2.45, 2.75) is 17.9 Å². The van der Waals surface area contributed by atoms with E-state index in [1.54, 1.807) is 30.0 Å². The molecule has 3 rings (SSSR count). The summed E-state index contributed by atoms with van der Waals surface area (Å²) in [5.41, 5.74) is 0. The molecule has 24 heavy (non-hydrogen) atoms. The molecule has 1 aliphatic rings. The van der Waals surface area contributed by atoms with Crippen LogP contribution in [0, 0.1) is 0 Å². The number of benzene rings is 2. The predicted molar refractivity (Wildman–Crippen MR) is 91.1 cm³/mol. The van der Waals surface area contributed by atoms with Crippen molar-refractivity contribution in [3.05, 3.63) is 42.5 Å². The highest BCUT2D eigenvalue weighted by Crippen LogP contribution is 2.19. The van der Waals surface area contributed by atoms with Crippen molar-refractivity contribution in [3.63, 3.8) is 0 Å². The number of nitrogens with one attached hydrogen (secondary N) is 1. The molecule has 0 bridgehead atoms. The molecule has 0 radical (unpaired) electrons. The number of amides is 1. The first-order chi connectivity index (χ1) is 11.5. The molecule has 2 aromatic rings. The van der Waals surface area contributed by atoms with Crippen LogP contribution in [-0.4, -0.2) is 51.6 Å². The molecule has 1 amide bonds. The fourth-order valence-corrected chi connectivity index (χ4v) is 3.98. The summed E-state index contributed by atoms with van der Waals surface area (Å²) < 4.78 is 32.8. The third kappa shape index (κ3) is 3.58. The molecule has 0 aromatic heterocycles. The molecular formula is C17H20N2O4S. The van der Waals surface area contributed by atoms with Gasteiger partial charge in [0.1, 0.15) is 0 Å². The minimum absolute atomic E-state index is 0.155. The van der Waals surface area contributed by atoms with Gasteiger partial charge in [-0.15, -0.1) is 0 Å².